The molecule has 0 heterocycles. The van der Waals surface area contributed by atoms with Gasteiger partial charge in [0, 0.05) is 11.9 Å². The second-order valence-electron chi connectivity index (χ2n) is 10.4. The summed E-state index contributed by atoms with van der Waals surface area (Å²) in [5, 5.41) is 20.7. The molecular weight excluding hydrogens is 424 g/mol. The van der Waals surface area contributed by atoms with Crippen molar-refractivity contribution in [3.05, 3.63) is 0 Å². The lowest BCUT2D eigenvalue weighted by Gasteiger charge is -2.05. The molecule has 0 radical (unpaired) electrons. The van der Waals surface area contributed by atoms with E-state index in [9.17, 15) is 19.8 Å². The van der Waals surface area contributed by atoms with Crippen molar-refractivity contribution in [2.75, 3.05) is 0 Å². The molecule has 4 nitrogen and oxygen atoms in total. The van der Waals surface area contributed by atoms with Crippen LogP contribution in [0.3, 0.4) is 0 Å². The molecule has 4 heteroatoms. The Labute approximate surface area is 211 Å². The van der Waals surface area contributed by atoms with E-state index in [4.69, 9.17) is 0 Å². The van der Waals surface area contributed by atoms with Gasteiger partial charge in [-0.2, -0.15) is 0 Å². The maximum Gasteiger partial charge on any atom is 0.0414 e. The molecule has 0 N–H and O–H groups in total. The van der Waals surface area contributed by atoms with Gasteiger partial charge in [0.2, 0.25) is 0 Å². The summed E-state index contributed by atoms with van der Waals surface area (Å²) in [6.45, 7) is 0. The van der Waals surface area contributed by atoms with E-state index in [-0.39, 0.29) is 12.8 Å². The zero-order valence-corrected chi connectivity index (χ0v) is 22.4. The van der Waals surface area contributed by atoms with Crippen LogP contribution in [0.2, 0.25) is 0 Å². The normalized spacial score (nSPS) is 11.2. The highest BCUT2D eigenvalue weighted by molar-refractivity contribution is 5.64. The Bertz CT molecular complexity index is 396. The monoisotopic (exact) mass is 480 g/mol. The number of hydrogen-bond donors (Lipinski definition) is 0. The number of carbonyl (C=O) groups is 2. The summed E-state index contributed by atoms with van der Waals surface area (Å²) in [4.78, 5) is 20.7. The van der Waals surface area contributed by atoms with Crippen LogP contribution in [0.25, 0.3) is 0 Å². The van der Waals surface area contributed by atoms with Gasteiger partial charge in [-0.05, 0) is 25.7 Å². The van der Waals surface area contributed by atoms with Gasteiger partial charge in [-0.15, -0.1) is 0 Å². The first-order chi connectivity index (χ1) is 16.6. The smallest absolute Gasteiger partial charge is 0.0414 e. The zero-order chi connectivity index (χ0) is 25.0. The van der Waals surface area contributed by atoms with Crippen LogP contribution in [0.5, 0.6) is 0 Å². The molecule has 0 aromatic carbocycles. The standard InChI is InChI=1S/C30H58O4/c31-29(32)27-25-23-21-19-17-15-13-11-9-7-5-3-1-2-4-6-8-10-12-14-16-18-20-22-24-26-28-30(33)34/h1-28H2,(H,31,32)(H,33,34)/p-2. The van der Waals surface area contributed by atoms with Crippen molar-refractivity contribution in [3.63, 3.8) is 0 Å². The number of rotatable bonds is 29. The maximum atomic E-state index is 10.3. The van der Waals surface area contributed by atoms with Gasteiger partial charge in [-0.25, -0.2) is 0 Å². The van der Waals surface area contributed by atoms with Gasteiger partial charge < -0.3 is 19.8 Å². The van der Waals surface area contributed by atoms with Gasteiger partial charge >= 0.3 is 0 Å². The highest BCUT2D eigenvalue weighted by atomic mass is 16.4. The first kappa shape index (κ1) is 32.9. The Balaban J connectivity index is 3.03. The third-order valence-electron chi connectivity index (χ3n) is 7.01. The topological polar surface area (TPSA) is 80.3 Å². The van der Waals surface area contributed by atoms with Crippen LogP contribution in [0, 0.1) is 0 Å². The van der Waals surface area contributed by atoms with Gasteiger partial charge in [-0.3, -0.25) is 0 Å². The zero-order valence-electron chi connectivity index (χ0n) is 22.4. The minimum Gasteiger partial charge on any atom is -0.550 e. The number of unbranched alkanes of at least 4 members (excludes halogenated alkanes) is 25. The lowest BCUT2D eigenvalue weighted by Crippen LogP contribution is -2.21. The van der Waals surface area contributed by atoms with Crippen molar-refractivity contribution >= 4 is 11.9 Å². The molecule has 0 rings (SSSR count). The Kier molecular flexibility index (Phi) is 27.3. The van der Waals surface area contributed by atoms with E-state index in [0.29, 0.717) is 0 Å². The van der Waals surface area contributed by atoms with Crippen molar-refractivity contribution in [3.8, 4) is 0 Å². The molecule has 202 valence electrons. The fraction of sp³-hybridized carbons (Fsp3) is 0.933. The predicted octanol–water partition coefficient (Wildman–Crippen LogP) is 7.41. The number of hydrogen-bond acceptors (Lipinski definition) is 4. The number of carbonyl (C=O) groups excluding carboxylic acids is 2. The van der Waals surface area contributed by atoms with Gasteiger partial charge in [-0.1, -0.05) is 154 Å². The van der Waals surface area contributed by atoms with Crippen LogP contribution < -0.4 is 10.2 Å². The van der Waals surface area contributed by atoms with Gasteiger partial charge in [0.05, 0.1) is 0 Å². The lowest BCUT2D eigenvalue weighted by molar-refractivity contribution is -0.307. The van der Waals surface area contributed by atoms with E-state index < -0.39 is 11.9 Å². The summed E-state index contributed by atoms with van der Waals surface area (Å²) in [5.41, 5.74) is 0. The quantitative estimate of drug-likeness (QED) is 0.104. The summed E-state index contributed by atoms with van der Waals surface area (Å²) < 4.78 is 0. The summed E-state index contributed by atoms with van der Waals surface area (Å²) in [7, 11) is 0. The highest BCUT2D eigenvalue weighted by Gasteiger charge is 1.97. The molecule has 0 bridgehead atoms. The maximum absolute atomic E-state index is 10.3. The van der Waals surface area contributed by atoms with Gasteiger partial charge in [0.15, 0.2) is 0 Å². The third-order valence-corrected chi connectivity index (χ3v) is 7.01. The van der Waals surface area contributed by atoms with Crippen molar-refractivity contribution in [2.45, 2.75) is 180 Å². The second-order valence-corrected chi connectivity index (χ2v) is 10.4. The Morgan fingerprint density at radius 1 is 0.265 bits per heavy atom. The van der Waals surface area contributed by atoms with E-state index in [2.05, 4.69) is 0 Å². The molecule has 0 aliphatic carbocycles. The first-order valence-electron chi connectivity index (χ1n) is 15.0. The molecule has 0 saturated carbocycles. The van der Waals surface area contributed by atoms with Crippen molar-refractivity contribution in [2.24, 2.45) is 0 Å². The molecule has 0 aliphatic heterocycles. The minimum atomic E-state index is -0.909. The molecule has 0 saturated heterocycles. The van der Waals surface area contributed by atoms with Crippen molar-refractivity contribution < 1.29 is 19.8 Å². The Morgan fingerprint density at radius 3 is 0.500 bits per heavy atom. The van der Waals surface area contributed by atoms with Crippen LogP contribution in [-0.4, -0.2) is 11.9 Å². The Hall–Kier alpha value is -1.06. The SMILES string of the molecule is O=C([O-])CCCCCCCCCCCCCCCCCCCCCCCCCCCCC(=O)[O-]. The second kappa shape index (κ2) is 28.2. The van der Waals surface area contributed by atoms with Crippen LogP contribution in [0.4, 0.5) is 0 Å². The molecule has 0 atom stereocenters. The summed E-state index contributed by atoms with van der Waals surface area (Å²) in [6.07, 6.45) is 33.8. The number of aliphatic carboxylic acids is 2. The summed E-state index contributed by atoms with van der Waals surface area (Å²) in [5.74, 6) is -1.82. The largest absolute Gasteiger partial charge is 0.550 e. The molecule has 0 amide bonds. The molecule has 0 unspecified atom stereocenters. The third kappa shape index (κ3) is 30.9. The summed E-state index contributed by atoms with van der Waals surface area (Å²) in [6, 6.07) is 0. The molecule has 0 spiro atoms. The fourth-order valence-corrected chi connectivity index (χ4v) is 4.78. The fourth-order valence-electron chi connectivity index (χ4n) is 4.78. The average Bonchev–Trinajstić information content (AvgIpc) is 2.80. The van der Waals surface area contributed by atoms with Crippen molar-refractivity contribution in [1.29, 1.82) is 0 Å². The van der Waals surface area contributed by atoms with E-state index in [0.717, 1.165) is 25.7 Å². The Morgan fingerprint density at radius 2 is 0.382 bits per heavy atom. The van der Waals surface area contributed by atoms with Gasteiger partial charge in [0.25, 0.3) is 0 Å². The highest BCUT2D eigenvalue weighted by Crippen LogP contribution is 2.16. The first-order valence-corrected chi connectivity index (χ1v) is 15.0. The molecule has 0 aromatic heterocycles. The molecule has 34 heavy (non-hydrogen) atoms. The van der Waals surface area contributed by atoms with Crippen LogP contribution in [0.15, 0.2) is 0 Å². The average molecular weight is 481 g/mol. The summed E-state index contributed by atoms with van der Waals surface area (Å²) >= 11 is 0. The van der Waals surface area contributed by atoms with Gasteiger partial charge in [0.1, 0.15) is 0 Å². The predicted molar refractivity (Wildman–Crippen MR) is 139 cm³/mol. The van der Waals surface area contributed by atoms with E-state index in [1.807, 2.05) is 0 Å². The van der Waals surface area contributed by atoms with Crippen LogP contribution in [0.1, 0.15) is 180 Å². The molecular formula is C30H56O4-2. The number of carboxylic acid groups (broad SMARTS) is 2. The van der Waals surface area contributed by atoms with E-state index in [1.54, 1.807) is 0 Å². The van der Waals surface area contributed by atoms with E-state index >= 15 is 0 Å². The molecule has 0 aliphatic rings. The van der Waals surface area contributed by atoms with Crippen LogP contribution in [-0.2, 0) is 9.59 Å². The van der Waals surface area contributed by atoms with Crippen molar-refractivity contribution in [1.82, 2.24) is 0 Å². The number of carboxylic acids is 2. The van der Waals surface area contributed by atoms with Crippen LogP contribution >= 0.6 is 0 Å². The molecule has 0 aromatic rings. The molecule has 0 fully saturated rings. The minimum absolute atomic E-state index is 0.224. The van der Waals surface area contributed by atoms with E-state index in [1.165, 1.54) is 141 Å². The lowest BCUT2D eigenvalue weighted by atomic mass is 10.0.